The zero-order valence-electron chi connectivity index (χ0n) is 20.4. The largest absolute Gasteiger partial charge is 0.487 e. The molecule has 37 heavy (non-hydrogen) atoms. The van der Waals surface area contributed by atoms with Gasteiger partial charge in [-0.2, -0.15) is 9.78 Å². The molecule has 5 nitrogen and oxygen atoms in total. The molecule has 1 aliphatic carbocycles. The van der Waals surface area contributed by atoms with Crippen LogP contribution in [0.3, 0.4) is 0 Å². The fourth-order valence-electron chi connectivity index (χ4n) is 4.78. The molecule has 1 aliphatic rings. The number of halogens is 3. The molecule has 0 aliphatic heterocycles. The molecule has 0 radical (unpaired) electrons. The van der Waals surface area contributed by atoms with E-state index in [1.165, 1.54) is 16.7 Å². The number of fused-ring (bicyclic) bond motifs is 1. The molecule has 1 heterocycles. The predicted molar refractivity (Wildman–Crippen MR) is 170 cm³/mol. The fraction of sp³-hybridized carbons (Fsp3) is 0.276. The van der Waals surface area contributed by atoms with Gasteiger partial charge in [-0.3, -0.25) is 4.79 Å². The van der Waals surface area contributed by atoms with E-state index in [1.807, 2.05) is 36.4 Å². The van der Waals surface area contributed by atoms with E-state index in [-0.39, 0.29) is 11.5 Å². The second-order valence-electron chi connectivity index (χ2n) is 9.42. The number of aromatic nitrogens is 2. The molecular weight excluding hydrogens is 756 g/mol. The van der Waals surface area contributed by atoms with Gasteiger partial charge in [0.05, 0.1) is 24.3 Å². The van der Waals surface area contributed by atoms with Crippen molar-refractivity contribution in [1.82, 2.24) is 9.66 Å². The molecule has 0 bridgehead atoms. The van der Waals surface area contributed by atoms with Gasteiger partial charge < -0.3 is 4.74 Å². The second-order valence-corrected chi connectivity index (χ2v) is 12.7. The number of nitrogens with zero attached hydrogens (tertiary/aromatic N) is 3. The van der Waals surface area contributed by atoms with Crippen LogP contribution in [0.1, 0.15) is 60.5 Å². The third-order valence-corrected chi connectivity index (χ3v) is 8.71. The number of hydrogen-bond donors (Lipinski definition) is 0. The molecule has 0 atom stereocenters. The molecule has 1 fully saturated rings. The average molecular weight is 782 g/mol. The van der Waals surface area contributed by atoms with Crippen molar-refractivity contribution in [3.63, 3.8) is 0 Å². The van der Waals surface area contributed by atoms with Gasteiger partial charge in [0.25, 0.3) is 5.56 Å². The quantitative estimate of drug-likeness (QED) is 0.147. The van der Waals surface area contributed by atoms with Crippen molar-refractivity contribution < 1.29 is 4.74 Å². The lowest BCUT2D eigenvalue weighted by atomic mass is 9.88. The molecule has 0 N–H and O–H groups in total. The van der Waals surface area contributed by atoms with E-state index in [1.54, 1.807) is 6.21 Å². The topological polar surface area (TPSA) is 56.5 Å². The zero-order chi connectivity index (χ0) is 25.9. The lowest BCUT2D eigenvalue weighted by Gasteiger charge is -2.22. The molecule has 5 rings (SSSR count). The van der Waals surface area contributed by atoms with Crippen molar-refractivity contribution in [2.24, 2.45) is 5.10 Å². The van der Waals surface area contributed by atoms with Crippen molar-refractivity contribution in [3.8, 4) is 5.75 Å². The van der Waals surface area contributed by atoms with Crippen LogP contribution in [-0.4, -0.2) is 15.9 Å². The third kappa shape index (κ3) is 6.27. The van der Waals surface area contributed by atoms with Crippen LogP contribution in [0.25, 0.3) is 10.9 Å². The molecule has 1 aromatic heterocycles. The molecule has 3 aromatic carbocycles. The minimum atomic E-state index is -0.134. The first kappa shape index (κ1) is 26.8. The van der Waals surface area contributed by atoms with Crippen molar-refractivity contribution in [2.45, 2.75) is 51.6 Å². The van der Waals surface area contributed by atoms with Gasteiger partial charge in [0.2, 0.25) is 0 Å². The van der Waals surface area contributed by atoms with Gasteiger partial charge in [0.15, 0.2) is 0 Å². The Morgan fingerprint density at radius 1 is 1.08 bits per heavy atom. The van der Waals surface area contributed by atoms with Gasteiger partial charge in [0.1, 0.15) is 18.2 Å². The van der Waals surface area contributed by atoms with Crippen LogP contribution in [0.2, 0.25) is 0 Å². The first-order valence-electron chi connectivity index (χ1n) is 12.3. The highest BCUT2D eigenvalue weighted by molar-refractivity contribution is 14.1. The molecule has 8 heteroatoms. The Kier molecular flexibility index (Phi) is 8.65. The Bertz CT molecular complexity index is 1520. The van der Waals surface area contributed by atoms with Crippen LogP contribution in [0, 0.1) is 14.1 Å². The molecule has 1 saturated carbocycles. The van der Waals surface area contributed by atoms with Gasteiger partial charge in [-0.15, -0.1) is 0 Å². The highest BCUT2D eigenvalue weighted by Crippen LogP contribution is 2.32. The van der Waals surface area contributed by atoms with Crippen molar-refractivity contribution >= 4 is 78.2 Å². The summed E-state index contributed by atoms with van der Waals surface area (Å²) >= 11 is 8.09. The van der Waals surface area contributed by atoms with Gasteiger partial charge in [0, 0.05) is 10.4 Å². The van der Waals surface area contributed by atoms with Crippen LogP contribution in [0.15, 0.2) is 69.0 Å². The molecule has 4 aromatic rings. The normalized spacial score (nSPS) is 14.5. The van der Waals surface area contributed by atoms with Crippen molar-refractivity contribution in [2.75, 3.05) is 0 Å². The summed E-state index contributed by atoms with van der Waals surface area (Å²) in [4.78, 5) is 18.5. The third-order valence-electron chi connectivity index (χ3n) is 6.61. The monoisotopic (exact) mass is 781 g/mol. The SMILES string of the molecule is Cc1cccc(COc2c(I)cc(C=Nn3c(C4CCCCC4)nc4ccc(Br)cc4c3=O)cc2I)c1. The number of hydrogen-bond acceptors (Lipinski definition) is 4. The standard InChI is InChI=1S/C29H26BrI2N3O2/c1-18-6-5-7-19(12-18)17-37-27-24(31)13-20(14-25(27)32)16-33-35-28(21-8-3-2-4-9-21)34-26-11-10-22(30)15-23(26)29(35)36/h5-7,10-16,21H,2-4,8-9,17H2,1H3. The number of benzene rings is 3. The van der Waals surface area contributed by atoms with Crippen molar-refractivity contribution in [1.29, 1.82) is 0 Å². The molecule has 0 amide bonds. The summed E-state index contributed by atoms with van der Waals surface area (Å²) in [6.07, 6.45) is 7.37. The average Bonchev–Trinajstić information content (AvgIpc) is 2.88. The van der Waals surface area contributed by atoms with Crippen molar-refractivity contribution in [3.05, 3.63) is 99.1 Å². The summed E-state index contributed by atoms with van der Waals surface area (Å²) in [5.41, 5.74) is 3.86. The summed E-state index contributed by atoms with van der Waals surface area (Å²) in [6.45, 7) is 2.60. The van der Waals surface area contributed by atoms with E-state index in [4.69, 9.17) is 14.8 Å². The summed E-state index contributed by atoms with van der Waals surface area (Å²) in [5.74, 6) is 1.86. The Balaban J connectivity index is 1.47. The number of aryl methyl sites for hydroxylation is 1. The van der Waals surface area contributed by atoms with Crippen LogP contribution in [0.4, 0.5) is 0 Å². The van der Waals surface area contributed by atoms with E-state index >= 15 is 0 Å². The van der Waals surface area contributed by atoms with E-state index in [0.29, 0.717) is 12.0 Å². The summed E-state index contributed by atoms with van der Waals surface area (Å²) < 4.78 is 10.5. The Morgan fingerprint density at radius 2 is 1.84 bits per heavy atom. The molecular formula is C29H26BrI2N3O2. The van der Waals surface area contributed by atoms with E-state index in [2.05, 4.69) is 86.2 Å². The Morgan fingerprint density at radius 3 is 2.57 bits per heavy atom. The van der Waals surface area contributed by atoms with Gasteiger partial charge in [-0.05, 0) is 106 Å². The van der Waals surface area contributed by atoms with E-state index in [9.17, 15) is 4.79 Å². The smallest absolute Gasteiger partial charge is 0.282 e. The van der Waals surface area contributed by atoms with Gasteiger partial charge in [-0.1, -0.05) is 65.0 Å². The minimum Gasteiger partial charge on any atom is -0.487 e. The number of ether oxygens (including phenoxy) is 1. The first-order valence-corrected chi connectivity index (χ1v) is 15.3. The second kappa shape index (κ2) is 11.9. The summed E-state index contributed by atoms with van der Waals surface area (Å²) in [6, 6.07) is 18.1. The summed E-state index contributed by atoms with van der Waals surface area (Å²) in [7, 11) is 0. The lowest BCUT2D eigenvalue weighted by molar-refractivity contribution is 0.301. The van der Waals surface area contributed by atoms with Gasteiger partial charge >= 0.3 is 0 Å². The summed E-state index contributed by atoms with van der Waals surface area (Å²) in [5, 5.41) is 5.26. The van der Waals surface area contributed by atoms with E-state index < -0.39 is 0 Å². The van der Waals surface area contributed by atoms with Crippen LogP contribution >= 0.6 is 61.1 Å². The molecule has 0 spiro atoms. The Labute approximate surface area is 252 Å². The minimum absolute atomic E-state index is 0.134. The predicted octanol–water partition coefficient (Wildman–Crippen LogP) is 8.19. The van der Waals surface area contributed by atoms with Crippen LogP contribution < -0.4 is 10.3 Å². The molecule has 0 saturated heterocycles. The fourth-order valence-corrected chi connectivity index (χ4v) is 7.27. The van der Waals surface area contributed by atoms with Crippen LogP contribution in [0.5, 0.6) is 5.75 Å². The van der Waals surface area contributed by atoms with E-state index in [0.717, 1.165) is 65.5 Å². The molecule has 190 valence electrons. The maximum atomic E-state index is 13.6. The maximum absolute atomic E-state index is 13.6. The molecule has 0 unspecified atom stereocenters. The lowest BCUT2D eigenvalue weighted by Crippen LogP contribution is -2.25. The maximum Gasteiger partial charge on any atom is 0.282 e. The Hall–Kier alpha value is -1.79. The number of rotatable bonds is 6. The highest BCUT2D eigenvalue weighted by Gasteiger charge is 2.22. The van der Waals surface area contributed by atoms with Crippen LogP contribution in [-0.2, 0) is 6.61 Å². The highest BCUT2D eigenvalue weighted by atomic mass is 127. The zero-order valence-corrected chi connectivity index (χ0v) is 26.3. The first-order chi connectivity index (χ1) is 17.9. The van der Waals surface area contributed by atoms with Gasteiger partial charge in [-0.25, -0.2) is 4.98 Å².